The van der Waals surface area contributed by atoms with Crippen molar-refractivity contribution >= 4 is 11.9 Å². The largest absolute Gasteiger partial charge is 0.480 e. The lowest BCUT2D eigenvalue weighted by atomic mass is 9.97. The van der Waals surface area contributed by atoms with Crippen LogP contribution in [-0.2, 0) is 9.59 Å². The third kappa shape index (κ3) is 4.03. The van der Waals surface area contributed by atoms with E-state index in [-0.39, 0.29) is 24.9 Å². The number of hydrogen-bond donors (Lipinski definition) is 2. The van der Waals surface area contributed by atoms with E-state index in [9.17, 15) is 9.59 Å². The van der Waals surface area contributed by atoms with Crippen LogP contribution in [0.1, 0.15) is 11.5 Å². The summed E-state index contributed by atoms with van der Waals surface area (Å²) < 4.78 is 0. The third-order valence-corrected chi connectivity index (χ3v) is 3.78. The number of hydrogen-bond acceptors (Lipinski definition) is 4. The zero-order chi connectivity index (χ0) is 15.2. The number of nitrogens with zero attached hydrogens (tertiary/aromatic N) is 2. The van der Waals surface area contributed by atoms with E-state index in [1.807, 2.05) is 35.2 Å². The number of rotatable bonds is 5. The summed E-state index contributed by atoms with van der Waals surface area (Å²) in [5.41, 5.74) is 6.70. The Kier molecular flexibility index (Phi) is 5.30. The molecule has 0 spiro atoms. The molecule has 1 unspecified atom stereocenters. The molecule has 3 N–H and O–H groups in total. The van der Waals surface area contributed by atoms with Gasteiger partial charge in [-0.25, -0.2) is 0 Å². The van der Waals surface area contributed by atoms with Crippen molar-refractivity contribution in [3.05, 3.63) is 35.9 Å². The van der Waals surface area contributed by atoms with Crippen LogP contribution in [0.25, 0.3) is 0 Å². The molecule has 1 saturated heterocycles. The van der Waals surface area contributed by atoms with Gasteiger partial charge in [0.15, 0.2) is 0 Å². The highest BCUT2D eigenvalue weighted by Crippen LogP contribution is 2.18. The number of carbonyl (C=O) groups excluding carboxylic acids is 1. The summed E-state index contributed by atoms with van der Waals surface area (Å²) in [6.07, 6.45) is 0. The van der Waals surface area contributed by atoms with Gasteiger partial charge < -0.3 is 15.7 Å². The van der Waals surface area contributed by atoms with Gasteiger partial charge in [-0.1, -0.05) is 30.3 Å². The summed E-state index contributed by atoms with van der Waals surface area (Å²) in [4.78, 5) is 26.9. The molecule has 0 radical (unpaired) electrons. The Bertz CT molecular complexity index is 484. The van der Waals surface area contributed by atoms with Crippen LogP contribution in [0.4, 0.5) is 0 Å². The molecular weight excluding hydrogens is 270 g/mol. The van der Waals surface area contributed by atoms with E-state index in [0.717, 1.165) is 5.56 Å². The van der Waals surface area contributed by atoms with Crippen LogP contribution in [0, 0.1) is 0 Å². The van der Waals surface area contributed by atoms with Crippen molar-refractivity contribution in [2.24, 2.45) is 5.73 Å². The molecular formula is C15H21N3O3. The highest BCUT2D eigenvalue weighted by molar-refractivity contribution is 5.84. The maximum absolute atomic E-state index is 12.6. The van der Waals surface area contributed by atoms with Crippen molar-refractivity contribution in [1.82, 2.24) is 9.80 Å². The smallest absolute Gasteiger partial charge is 0.317 e. The fraction of sp³-hybridized carbons (Fsp3) is 0.467. The van der Waals surface area contributed by atoms with Crippen LogP contribution in [-0.4, -0.2) is 66.1 Å². The SMILES string of the molecule is NCC(C(=O)N1CCN(CC(=O)O)CC1)c1ccccc1. The third-order valence-electron chi connectivity index (χ3n) is 3.78. The molecule has 0 aliphatic carbocycles. The number of aliphatic carboxylic acids is 1. The van der Waals surface area contributed by atoms with Crippen LogP contribution in [0.3, 0.4) is 0 Å². The van der Waals surface area contributed by atoms with Crippen molar-refractivity contribution < 1.29 is 14.7 Å². The fourth-order valence-corrected chi connectivity index (χ4v) is 2.60. The van der Waals surface area contributed by atoms with Gasteiger partial charge in [-0.05, 0) is 5.56 Å². The number of piperazine rings is 1. The zero-order valence-electron chi connectivity index (χ0n) is 11.9. The maximum Gasteiger partial charge on any atom is 0.317 e. The number of carboxylic acid groups (broad SMARTS) is 1. The first-order chi connectivity index (χ1) is 10.1. The predicted molar refractivity (Wildman–Crippen MR) is 78.9 cm³/mol. The average molecular weight is 291 g/mol. The molecule has 114 valence electrons. The molecule has 0 saturated carbocycles. The molecule has 6 nitrogen and oxygen atoms in total. The number of nitrogens with two attached hydrogens (primary N) is 1. The number of carbonyl (C=O) groups is 2. The van der Waals surface area contributed by atoms with E-state index in [0.29, 0.717) is 26.2 Å². The standard InChI is InChI=1S/C15H21N3O3/c16-10-13(12-4-2-1-3-5-12)15(21)18-8-6-17(7-9-18)11-14(19)20/h1-5,13H,6-11,16H2,(H,19,20). The van der Waals surface area contributed by atoms with Crippen LogP contribution >= 0.6 is 0 Å². The van der Waals surface area contributed by atoms with Gasteiger partial charge in [0.25, 0.3) is 0 Å². The maximum atomic E-state index is 12.6. The second kappa shape index (κ2) is 7.19. The molecule has 1 aromatic rings. The second-order valence-electron chi connectivity index (χ2n) is 5.19. The second-order valence-corrected chi connectivity index (χ2v) is 5.19. The van der Waals surface area contributed by atoms with Gasteiger partial charge in [0.2, 0.25) is 5.91 Å². The average Bonchev–Trinajstić information content (AvgIpc) is 2.49. The number of benzene rings is 1. The summed E-state index contributed by atoms with van der Waals surface area (Å²) in [6, 6.07) is 9.53. The minimum Gasteiger partial charge on any atom is -0.480 e. The molecule has 0 aromatic heterocycles. The molecule has 1 atom stereocenters. The van der Waals surface area contributed by atoms with Gasteiger partial charge >= 0.3 is 5.97 Å². The van der Waals surface area contributed by atoms with Crippen molar-refractivity contribution in [3.8, 4) is 0 Å². The van der Waals surface area contributed by atoms with Crippen LogP contribution in [0.15, 0.2) is 30.3 Å². The predicted octanol–water partition coefficient (Wildman–Crippen LogP) is -0.0423. The Hall–Kier alpha value is -1.92. The molecule has 1 heterocycles. The van der Waals surface area contributed by atoms with Crippen LogP contribution in [0.5, 0.6) is 0 Å². The highest BCUT2D eigenvalue weighted by atomic mass is 16.4. The van der Waals surface area contributed by atoms with Gasteiger partial charge in [-0.15, -0.1) is 0 Å². The monoisotopic (exact) mass is 291 g/mol. The summed E-state index contributed by atoms with van der Waals surface area (Å²) in [5.74, 6) is -1.13. The summed E-state index contributed by atoms with van der Waals surface area (Å²) in [6.45, 7) is 2.58. The van der Waals surface area contributed by atoms with E-state index in [1.54, 1.807) is 4.90 Å². The van der Waals surface area contributed by atoms with Gasteiger partial charge in [0, 0.05) is 32.7 Å². The summed E-state index contributed by atoms with van der Waals surface area (Å²) in [7, 11) is 0. The van der Waals surface area contributed by atoms with Crippen molar-refractivity contribution in [2.75, 3.05) is 39.3 Å². The highest BCUT2D eigenvalue weighted by Gasteiger charge is 2.28. The quantitative estimate of drug-likeness (QED) is 0.795. The summed E-state index contributed by atoms with van der Waals surface area (Å²) >= 11 is 0. The molecule has 1 aliphatic rings. The van der Waals surface area contributed by atoms with Crippen LogP contribution < -0.4 is 5.73 Å². The van der Waals surface area contributed by atoms with Gasteiger partial charge in [0.05, 0.1) is 12.5 Å². The van der Waals surface area contributed by atoms with E-state index >= 15 is 0 Å². The van der Waals surface area contributed by atoms with Crippen molar-refractivity contribution in [2.45, 2.75) is 5.92 Å². The molecule has 0 bridgehead atoms. The zero-order valence-corrected chi connectivity index (χ0v) is 11.9. The van der Waals surface area contributed by atoms with Crippen LogP contribution in [0.2, 0.25) is 0 Å². The first kappa shape index (κ1) is 15.5. The Labute approximate surface area is 124 Å². The van der Waals surface area contributed by atoms with E-state index in [2.05, 4.69) is 0 Å². The summed E-state index contributed by atoms with van der Waals surface area (Å²) in [5, 5.41) is 8.78. The lowest BCUT2D eigenvalue weighted by Crippen LogP contribution is -2.51. The Morgan fingerprint density at radius 2 is 1.76 bits per heavy atom. The molecule has 21 heavy (non-hydrogen) atoms. The number of amides is 1. The normalized spacial score (nSPS) is 17.5. The molecule has 1 aliphatic heterocycles. The van der Waals surface area contributed by atoms with Gasteiger partial charge in [-0.3, -0.25) is 14.5 Å². The van der Waals surface area contributed by atoms with Gasteiger partial charge in [-0.2, -0.15) is 0 Å². The first-order valence-corrected chi connectivity index (χ1v) is 7.09. The molecule has 1 amide bonds. The number of carboxylic acids is 1. The Morgan fingerprint density at radius 1 is 1.14 bits per heavy atom. The minimum absolute atomic E-state index is 0.0266. The molecule has 2 rings (SSSR count). The Balaban J connectivity index is 1.96. The topological polar surface area (TPSA) is 86.9 Å². The first-order valence-electron chi connectivity index (χ1n) is 7.09. The van der Waals surface area contributed by atoms with E-state index in [4.69, 9.17) is 10.8 Å². The lowest BCUT2D eigenvalue weighted by Gasteiger charge is -2.35. The van der Waals surface area contributed by atoms with E-state index in [1.165, 1.54) is 0 Å². The van der Waals surface area contributed by atoms with Crippen molar-refractivity contribution in [3.63, 3.8) is 0 Å². The van der Waals surface area contributed by atoms with Gasteiger partial charge in [0.1, 0.15) is 0 Å². The fourth-order valence-electron chi connectivity index (χ4n) is 2.60. The van der Waals surface area contributed by atoms with E-state index < -0.39 is 5.97 Å². The lowest BCUT2D eigenvalue weighted by molar-refractivity contribution is -0.139. The minimum atomic E-state index is -0.834. The Morgan fingerprint density at radius 3 is 2.29 bits per heavy atom. The molecule has 1 fully saturated rings. The molecule has 1 aromatic carbocycles. The molecule has 6 heteroatoms. The van der Waals surface area contributed by atoms with Crippen molar-refractivity contribution in [1.29, 1.82) is 0 Å².